The summed E-state index contributed by atoms with van der Waals surface area (Å²) in [5.74, 6) is -2.23. The number of amides is 2. The number of benzene rings is 2. The maximum absolute atomic E-state index is 12.2. The van der Waals surface area contributed by atoms with Gasteiger partial charge in [-0.1, -0.05) is 12.1 Å². The van der Waals surface area contributed by atoms with Crippen LogP contribution < -0.4 is 15.5 Å². The molecule has 1 saturated heterocycles. The number of para-hydroxylation sites is 1. The Labute approximate surface area is 163 Å². The molecule has 0 radical (unpaired) electrons. The molecule has 28 heavy (non-hydrogen) atoms. The molecule has 1 aliphatic rings. The minimum absolute atomic E-state index is 0.195. The zero-order valence-corrected chi connectivity index (χ0v) is 15.7. The molecule has 3 rings (SSSR count). The summed E-state index contributed by atoms with van der Waals surface area (Å²) in [7, 11) is 0. The lowest BCUT2D eigenvalue weighted by Gasteiger charge is -2.17. The molecule has 0 unspecified atom stereocenters. The Balaban J connectivity index is 1.62. The fraction of sp³-hybridized carbons (Fsp3) is 0.286. The van der Waals surface area contributed by atoms with Crippen molar-refractivity contribution >= 4 is 34.8 Å². The van der Waals surface area contributed by atoms with Gasteiger partial charge in [-0.15, -0.1) is 0 Å². The molecular weight excluding hydrogens is 358 g/mol. The second kappa shape index (κ2) is 9.03. The van der Waals surface area contributed by atoms with Crippen molar-refractivity contribution in [2.75, 3.05) is 35.2 Å². The van der Waals surface area contributed by atoms with Gasteiger partial charge in [0.25, 0.3) is 0 Å². The van der Waals surface area contributed by atoms with Crippen LogP contribution in [0.1, 0.15) is 30.1 Å². The largest absolute Gasteiger partial charge is 0.462 e. The summed E-state index contributed by atoms with van der Waals surface area (Å²) in [4.78, 5) is 38.7. The Bertz CT molecular complexity index is 858. The number of hydrogen-bond acceptors (Lipinski definition) is 5. The highest BCUT2D eigenvalue weighted by Gasteiger charge is 2.19. The number of nitrogens with zero attached hydrogens (tertiary/aromatic N) is 1. The molecule has 0 spiro atoms. The van der Waals surface area contributed by atoms with Crippen LogP contribution in [0.4, 0.5) is 17.1 Å². The Morgan fingerprint density at radius 2 is 1.57 bits per heavy atom. The minimum Gasteiger partial charge on any atom is -0.462 e. The molecule has 7 nitrogen and oxygen atoms in total. The number of esters is 1. The van der Waals surface area contributed by atoms with Crippen molar-refractivity contribution in [1.82, 2.24) is 0 Å². The molecule has 0 aliphatic carbocycles. The van der Waals surface area contributed by atoms with Crippen molar-refractivity contribution in [3.05, 3.63) is 54.1 Å². The first-order valence-electron chi connectivity index (χ1n) is 9.32. The summed E-state index contributed by atoms with van der Waals surface area (Å²) in [5.41, 5.74) is 2.05. The van der Waals surface area contributed by atoms with E-state index in [1.54, 1.807) is 37.3 Å². The summed E-state index contributed by atoms with van der Waals surface area (Å²) < 4.78 is 4.96. The third kappa shape index (κ3) is 4.68. The van der Waals surface area contributed by atoms with Crippen LogP contribution in [0.25, 0.3) is 0 Å². The highest BCUT2D eigenvalue weighted by molar-refractivity contribution is 6.44. The molecule has 2 amide bonds. The lowest BCUT2D eigenvalue weighted by molar-refractivity contribution is -0.133. The molecule has 0 bridgehead atoms. The number of rotatable bonds is 5. The van der Waals surface area contributed by atoms with Crippen LogP contribution in [-0.2, 0) is 14.3 Å². The Hall–Kier alpha value is -3.35. The summed E-state index contributed by atoms with van der Waals surface area (Å²) >= 11 is 0. The molecule has 2 aromatic carbocycles. The molecule has 1 heterocycles. The van der Waals surface area contributed by atoms with E-state index in [4.69, 9.17) is 4.74 Å². The Morgan fingerprint density at radius 3 is 2.25 bits per heavy atom. The van der Waals surface area contributed by atoms with Gasteiger partial charge in [-0.3, -0.25) is 9.59 Å². The number of nitrogens with one attached hydrogen (secondary N) is 2. The predicted molar refractivity (Wildman–Crippen MR) is 108 cm³/mol. The van der Waals surface area contributed by atoms with Crippen LogP contribution in [0.2, 0.25) is 0 Å². The van der Waals surface area contributed by atoms with Crippen LogP contribution in [0.3, 0.4) is 0 Å². The quantitative estimate of drug-likeness (QED) is 0.614. The highest BCUT2D eigenvalue weighted by atomic mass is 16.5. The monoisotopic (exact) mass is 381 g/mol. The second-order valence-corrected chi connectivity index (χ2v) is 6.42. The molecular formula is C21H23N3O4. The van der Waals surface area contributed by atoms with Gasteiger partial charge in [0.05, 0.1) is 17.9 Å². The van der Waals surface area contributed by atoms with Crippen LogP contribution in [0.15, 0.2) is 48.5 Å². The maximum atomic E-state index is 12.2. The average molecular weight is 381 g/mol. The molecule has 0 atom stereocenters. The summed E-state index contributed by atoms with van der Waals surface area (Å²) in [6.45, 7) is 3.98. The van der Waals surface area contributed by atoms with E-state index in [1.165, 1.54) is 18.9 Å². The fourth-order valence-electron chi connectivity index (χ4n) is 3.08. The van der Waals surface area contributed by atoms with Crippen LogP contribution >= 0.6 is 0 Å². The van der Waals surface area contributed by atoms with Gasteiger partial charge in [0, 0.05) is 24.5 Å². The van der Waals surface area contributed by atoms with E-state index in [0.717, 1.165) is 18.8 Å². The van der Waals surface area contributed by atoms with Crippen molar-refractivity contribution in [3.63, 3.8) is 0 Å². The van der Waals surface area contributed by atoms with E-state index in [0.29, 0.717) is 5.69 Å². The summed E-state index contributed by atoms with van der Waals surface area (Å²) in [5, 5.41) is 5.03. The van der Waals surface area contributed by atoms with E-state index >= 15 is 0 Å². The number of hydrogen-bond donors (Lipinski definition) is 2. The minimum atomic E-state index is -0.861. The van der Waals surface area contributed by atoms with Gasteiger partial charge in [-0.2, -0.15) is 0 Å². The number of ether oxygens (including phenoxy) is 1. The smallest absolute Gasteiger partial charge is 0.340 e. The van der Waals surface area contributed by atoms with Crippen molar-refractivity contribution in [2.45, 2.75) is 19.8 Å². The summed E-state index contributed by atoms with van der Waals surface area (Å²) in [6.07, 6.45) is 2.37. The first kappa shape index (κ1) is 19.4. The van der Waals surface area contributed by atoms with Crippen LogP contribution in [-0.4, -0.2) is 37.5 Å². The molecule has 2 N–H and O–H groups in total. The van der Waals surface area contributed by atoms with Crippen molar-refractivity contribution in [3.8, 4) is 0 Å². The standard InChI is InChI=1S/C21H23N3O4/c1-2-28-21(27)17-7-3-4-8-18(17)23-20(26)19(25)22-15-9-11-16(12-10-15)24-13-5-6-14-24/h3-4,7-12H,2,5-6,13-14H2,1H3,(H,22,25)(H,23,26). The van der Waals surface area contributed by atoms with E-state index in [-0.39, 0.29) is 17.9 Å². The second-order valence-electron chi connectivity index (χ2n) is 6.42. The van der Waals surface area contributed by atoms with Gasteiger partial charge < -0.3 is 20.3 Å². The fourth-order valence-corrected chi connectivity index (χ4v) is 3.08. The molecule has 0 saturated carbocycles. The number of carbonyl (C=O) groups excluding carboxylic acids is 3. The molecule has 2 aromatic rings. The third-order valence-corrected chi connectivity index (χ3v) is 4.47. The first-order valence-corrected chi connectivity index (χ1v) is 9.32. The lowest BCUT2D eigenvalue weighted by atomic mass is 10.2. The first-order chi connectivity index (χ1) is 13.6. The van der Waals surface area contributed by atoms with Gasteiger partial charge in [-0.25, -0.2) is 4.79 Å². The van der Waals surface area contributed by atoms with E-state index < -0.39 is 17.8 Å². The zero-order chi connectivity index (χ0) is 19.9. The number of anilines is 3. The van der Waals surface area contributed by atoms with Gasteiger partial charge in [0.15, 0.2) is 0 Å². The van der Waals surface area contributed by atoms with Crippen LogP contribution in [0.5, 0.6) is 0 Å². The van der Waals surface area contributed by atoms with Crippen molar-refractivity contribution in [1.29, 1.82) is 0 Å². The van der Waals surface area contributed by atoms with Crippen molar-refractivity contribution in [2.24, 2.45) is 0 Å². The normalized spacial score (nSPS) is 13.1. The van der Waals surface area contributed by atoms with Gasteiger partial charge in [0.2, 0.25) is 0 Å². The molecule has 7 heteroatoms. The van der Waals surface area contributed by atoms with E-state index in [9.17, 15) is 14.4 Å². The van der Waals surface area contributed by atoms with Gasteiger partial charge in [-0.05, 0) is 56.2 Å². The van der Waals surface area contributed by atoms with Gasteiger partial charge in [0.1, 0.15) is 0 Å². The molecule has 1 aliphatic heterocycles. The van der Waals surface area contributed by atoms with Gasteiger partial charge >= 0.3 is 17.8 Å². The van der Waals surface area contributed by atoms with Crippen LogP contribution in [0, 0.1) is 0 Å². The van der Waals surface area contributed by atoms with E-state index in [2.05, 4.69) is 15.5 Å². The molecule has 0 aromatic heterocycles. The molecule has 1 fully saturated rings. The lowest BCUT2D eigenvalue weighted by Crippen LogP contribution is -2.29. The Morgan fingerprint density at radius 1 is 0.929 bits per heavy atom. The Kier molecular flexibility index (Phi) is 6.26. The van der Waals surface area contributed by atoms with Crippen molar-refractivity contribution < 1.29 is 19.1 Å². The third-order valence-electron chi connectivity index (χ3n) is 4.47. The predicted octanol–water partition coefficient (Wildman–Crippen LogP) is 3.04. The molecule has 146 valence electrons. The topological polar surface area (TPSA) is 87.7 Å². The average Bonchev–Trinajstić information content (AvgIpc) is 3.24. The zero-order valence-electron chi connectivity index (χ0n) is 15.7. The maximum Gasteiger partial charge on any atom is 0.340 e. The highest BCUT2D eigenvalue weighted by Crippen LogP contribution is 2.22. The van der Waals surface area contributed by atoms with E-state index in [1.807, 2.05) is 12.1 Å². The SMILES string of the molecule is CCOC(=O)c1ccccc1NC(=O)C(=O)Nc1ccc(N2CCCC2)cc1. The summed E-state index contributed by atoms with van der Waals surface area (Å²) in [6, 6.07) is 13.8. The number of carbonyl (C=O) groups is 3.